The Labute approximate surface area is 93.6 Å². The molecule has 0 aliphatic heterocycles. The van der Waals surface area contributed by atoms with Gasteiger partial charge in [0.05, 0.1) is 5.54 Å². The quantitative estimate of drug-likeness (QED) is 0.809. The van der Waals surface area contributed by atoms with Gasteiger partial charge in [0.1, 0.15) is 0 Å². The summed E-state index contributed by atoms with van der Waals surface area (Å²) in [6.45, 7) is 1.59. The third-order valence-corrected chi connectivity index (χ3v) is 2.75. The number of aromatic amines is 1. The standard InChI is InChI=1S/C12H14N3O/c1-12(14,11(13)16)6-8-7-15-10-5-3-2-4-9(8)10/h2-5,7,13,15H,6,14H2,1H3. The Hall–Kier alpha value is -1.81. The van der Waals surface area contributed by atoms with Crippen LogP contribution in [0.1, 0.15) is 12.5 Å². The number of aromatic nitrogens is 1. The molecular weight excluding hydrogens is 202 g/mol. The summed E-state index contributed by atoms with van der Waals surface area (Å²) in [4.78, 5) is 14.2. The van der Waals surface area contributed by atoms with Crippen molar-refractivity contribution in [2.45, 2.75) is 18.9 Å². The molecule has 2 aromatic rings. The van der Waals surface area contributed by atoms with Crippen molar-refractivity contribution in [3.8, 4) is 0 Å². The van der Waals surface area contributed by atoms with E-state index in [1.54, 1.807) is 6.92 Å². The zero-order valence-corrected chi connectivity index (χ0v) is 9.08. The number of hydrogen-bond donors (Lipinski definition) is 2. The Kier molecular flexibility index (Phi) is 2.44. The highest BCUT2D eigenvalue weighted by Gasteiger charge is 2.27. The molecule has 1 atom stereocenters. The molecule has 1 radical (unpaired) electrons. The van der Waals surface area contributed by atoms with Crippen molar-refractivity contribution in [1.82, 2.24) is 10.7 Å². The fourth-order valence-electron chi connectivity index (χ4n) is 1.75. The number of nitrogens with one attached hydrogen (secondary N) is 2. The van der Waals surface area contributed by atoms with E-state index in [4.69, 9.17) is 11.5 Å². The van der Waals surface area contributed by atoms with Crippen LogP contribution in [0.5, 0.6) is 0 Å². The van der Waals surface area contributed by atoms with Crippen LogP contribution in [-0.2, 0) is 11.2 Å². The van der Waals surface area contributed by atoms with Gasteiger partial charge in [-0.3, -0.25) is 10.5 Å². The maximum absolute atomic E-state index is 11.1. The first kappa shape index (κ1) is 10.7. The average Bonchev–Trinajstić information content (AvgIpc) is 2.61. The summed E-state index contributed by atoms with van der Waals surface area (Å²) < 4.78 is 0. The number of carbonyl (C=O) groups excluding carboxylic acids is 1. The van der Waals surface area contributed by atoms with Gasteiger partial charge in [-0.1, -0.05) is 18.2 Å². The van der Waals surface area contributed by atoms with Gasteiger partial charge in [-0.2, -0.15) is 0 Å². The van der Waals surface area contributed by atoms with Gasteiger partial charge in [0.2, 0.25) is 0 Å². The summed E-state index contributed by atoms with van der Waals surface area (Å²) in [7, 11) is 0. The fraction of sp³-hybridized carbons (Fsp3) is 0.250. The Bertz CT molecular complexity index is 528. The molecule has 0 aliphatic carbocycles. The van der Waals surface area contributed by atoms with Gasteiger partial charge in [0.15, 0.2) is 0 Å². The van der Waals surface area contributed by atoms with E-state index >= 15 is 0 Å². The minimum atomic E-state index is -1.12. The molecule has 0 spiro atoms. The predicted octanol–water partition coefficient (Wildman–Crippen LogP) is 1.24. The van der Waals surface area contributed by atoms with Crippen LogP contribution in [0.4, 0.5) is 0 Å². The molecule has 0 saturated carbocycles. The van der Waals surface area contributed by atoms with E-state index in [1.165, 1.54) is 0 Å². The number of nitrogens with two attached hydrogens (primary N) is 1. The molecule has 16 heavy (non-hydrogen) atoms. The number of benzene rings is 1. The molecule has 0 saturated heterocycles. The fourth-order valence-corrected chi connectivity index (χ4v) is 1.75. The molecule has 0 fully saturated rings. The van der Waals surface area contributed by atoms with E-state index in [-0.39, 0.29) is 0 Å². The summed E-state index contributed by atoms with van der Waals surface area (Å²) in [6, 6.07) is 7.83. The first-order valence-electron chi connectivity index (χ1n) is 5.10. The van der Waals surface area contributed by atoms with Crippen molar-refractivity contribution in [1.29, 1.82) is 0 Å². The van der Waals surface area contributed by atoms with E-state index in [0.717, 1.165) is 16.5 Å². The van der Waals surface area contributed by atoms with Crippen LogP contribution in [-0.4, -0.2) is 16.4 Å². The van der Waals surface area contributed by atoms with Gasteiger partial charge in [-0.15, -0.1) is 0 Å². The molecule has 0 aliphatic rings. The molecule has 2 rings (SSSR count). The highest BCUT2D eigenvalue weighted by atomic mass is 16.1. The highest BCUT2D eigenvalue weighted by Crippen LogP contribution is 2.21. The normalized spacial score (nSPS) is 14.9. The average molecular weight is 216 g/mol. The van der Waals surface area contributed by atoms with E-state index in [0.29, 0.717) is 6.42 Å². The van der Waals surface area contributed by atoms with Crippen LogP contribution in [0.3, 0.4) is 0 Å². The van der Waals surface area contributed by atoms with Gasteiger partial charge in [-0.05, 0) is 18.6 Å². The van der Waals surface area contributed by atoms with E-state index in [1.807, 2.05) is 30.5 Å². The first-order valence-corrected chi connectivity index (χ1v) is 5.10. The summed E-state index contributed by atoms with van der Waals surface area (Å²) in [5, 5.41) is 1.06. The third kappa shape index (κ3) is 1.79. The van der Waals surface area contributed by atoms with Crippen molar-refractivity contribution in [2.24, 2.45) is 5.73 Å². The van der Waals surface area contributed by atoms with Gasteiger partial charge in [0, 0.05) is 23.5 Å². The van der Waals surface area contributed by atoms with Crippen LogP contribution in [0.15, 0.2) is 30.5 Å². The molecule has 4 N–H and O–H groups in total. The minimum absolute atomic E-state index is 0.374. The van der Waals surface area contributed by atoms with Crippen molar-refractivity contribution in [3.05, 3.63) is 36.0 Å². The lowest BCUT2D eigenvalue weighted by atomic mass is 9.93. The predicted molar refractivity (Wildman–Crippen MR) is 62.7 cm³/mol. The summed E-state index contributed by atoms with van der Waals surface area (Å²) in [6.07, 6.45) is 2.22. The third-order valence-electron chi connectivity index (χ3n) is 2.75. The summed E-state index contributed by atoms with van der Waals surface area (Å²) >= 11 is 0. The summed E-state index contributed by atoms with van der Waals surface area (Å²) in [5.41, 5.74) is 13.8. The van der Waals surface area contributed by atoms with Crippen LogP contribution in [0, 0.1) is 0 Å². The Balaban J connectivity index is 2.38. The second kappa shape index (κ2) is 3.64. The highest BCUT2D eigenvalue weighted by molar-refractivity contribution is 5.87. The topological polar surface area (TPSA) is 82.7 Å². The lowest BCUT2D eigenvalue weighted by Crippen LogP contribution is -2.47. The number of rotatable bonds is 3. The van der Waals surface area contributed by atoms with Crippen molar-refractivity contribution in [2.75, 3.05) is 0 Å². The largest absolute Gasteiger partial charge is 0.361 e. The smallest absolute Gasteiger partial charge is 0.258 e. The molecule has 1 unspecified atom stereocenters. The Morgan fingerprint density at radius 1 is 1.50 bits per heavy atom. The van der Waals surface area contributed by atoms with E-state index in [9.17, 15) is 4.79 Å². The van der Waals surface area contributed by atoms with Crippen LogP contribution in [0.2, 0.25) is 0 Å². The van der Waals surface area contributed by atoms with E-state index < -0.39 is 11.4 Å². The molecule has 1 aromatic heterocycles. The Morgan fingerprint density at radius 2 is 2.19 bits per heavy atom. The summed E-state index contributed by atoms with van der Waals surface area (Å²) in [5.74, 6) is -0.738. The maximum atomic E-state index is 11.1. The van der Waals surface area contributed by atoms with Gasteiger partial charge >= 0.3 is 0 Å². The monoisotopic (exact) mass is 216 g/mol. The molecule has 83 valence electrons. The number of para-hydroxylation sites is 1. The SMILES string of the molecule is CC(N)(Cc1c[nH]c2ccccc12)C([NH])=O. The second-order valence-electron chi connectivity index (χ2n) is 4.28. The van der Waals surface area contributed by atoms with Crippen LogP contribution < -0.4 is 11.5 Å². The van der Waals surface area contributed by atoms with Crippen molar-refractivity contribution >= 4 is 16.8 Å². The number of amides is 1. The molecule has 1 amide bonds. The second-order valence-corrected chi connectivity index (χ2v) is 4.28. The molecule has 4 nitrogen and oxygen atoms in total. The first-order chi connectivity index (χ1) is 7.50. The molecular formula is C12H14N3O. The van der Waals surface area contributed by atoms with E-state index in [2.05, 4.69) is 4.98 Å². The number of carbonyl (C=O) groups is 1. The lowest BCUT2D eigenvalue weighted by Gasteiger charge is -2.18. The number of hydrogen-bond acceptors (Lipinski definition) is 2. The maximum Gasteiger partial charge on any atom is 0.258 e. The van der Waals surface area contributed by atoms with Crippen LogP contribution >= 0.6 is 0 Å². The molecule has 0 bridgehead atoms. The van der Waals surface area contributed by atoms with Crippen molar-refractivity contribution in [3.63, 3.8) is 0 Å². The molecule has 1 aromatic carbocycles. The van der Waals surface area contributed by atoms with Gasteiger partial charge in [-0.25, -0.2) is 0 Å². The van der Waals surface area contributed by atoms with Crippen molar-refractivity contribution < 1.29 is 4.79 Å². The van der Waals surface area contributed by atoms with Gasteiger partial charge < -0.3 is 10.7 Å². The van der Waals surface area contributed by atoms with Gasteiger partial charge in [0.25, 0.3) is 5.91 Å². The number of H-pyrrole nitrogens is 1. The minimum Gasteiger partial charge on any atom is -0.361 e. The Morgan fingerprint density at radius 3 is 2.88 bits per heavy atom. The zero-order valence-electron chi connectivity index (χ0n) is 9.08. The lowest BCUT2D eigenvalue weighted by molar-refractivity contribution is -0.123. The van der Waals surface area contributed by atoms with Crippen LogP contribution in [0.25, 0.3) is 10.9 Å². The number of fused-ring (bicyclic) bond motifs is 1. The zero-order chi connectivity index (χ0) is 11.8. The molecule has 4 heteroatoms. The molecule has 1 heterocycles.